The molecule has 116 valence electrons. The molecule has 5 nitrogen and oxygen atoms in total. The number of carbonyl (C=O) groups excluding carboxylic acids is 1. The highest BCUT2D eigenvalue weighted by molar-refractivity contribution is 5.93. The molecule has 22 heavy (non-hydrogen) atoms. The third kappa shape index (κ3) is 3.31. The van der Waals surface area contributed by atoms with Gasteiger partial charge in [0, 0.05) is 25.3 Å². The van der Waals surface area contributed by atoms with E-state index >= 15 is 0 Å². The number of amides is 1. The number of hydrogen-bond acceptors (Lipinski definition) is 4. The van der Waals surface area contributed by atoms with Gasteiger partial charge >= 0.3 is 0 Å². The van der Waals surface area contributed by atoms with E-state index in [-0.39, 0.29) is 5.91 Å². The molecule has 0 aliphatic carbocycles. The number of nitrogens with zero attached hydrogens (tertiary/aromatic N) is 1. The number of rotatable bonds is 5. The second-order valence-corrected chi connectivity index (χ2v) is 5.65. The maximum absolute atomic E-state index is 12.1. The molecular formula is C17H21N3O2. The Morgan fingerprint density at radius 2 is 2.18 bits per heavy atom. The van der Waals surface area contributed by atoms with Gasteiger partial charge in [-0.05, 0) is 30.5 Å². The van der Waals surface area contributed by atoms with Crippen molar-refractivity contribution >= 4 is 11.6 Å². The van der Waals surface area contributed by atoms with Crippen molar-refractivity contribution in [2.75, 3.05) is 24.5 Å². The Kier molecular flexibility index (Phi) is 4.44. The van der Waals surface area contributed by atoms with Crippen molar-refractivity contribution in [3.8, 4) is 0 Å². The molecule has 2 aromatic rings. The van der Waals surface area contributed by atoms with Crippen LogP contribution in [-0.4, -0.2) is 25.5 Å². The molecule has 1 atom stereocenters. The van der Waals surface area contributed by atoms with Gasteiger partial charge in [0.05, 0.1) is 12.1 Å². The van der Waals surface area contributed by atoms with Gasteiger partial charge in [-0.15, -0.1) is 0 Å². The van der Waals surface area contributed by atoms with Crippen molar-refractivity contribution < 1.29 is 9.21 Å². The van der Waals surface area contributed by atoms with Gasteiger partial charge in [-0.25, -0.2) is 0 Å². The third-order valence-corrected chi connectivity index (χ3v) is 4.08. The molecule has 1 amide bonds. The van der Waals surface area contributed by atoms with Crippen molar-refractivity contribution in [2.24, 2.45) is 11.7 Å². The minimum atomic E-state index is -0.0957. The minimum absolute atomic E-state index is 0.0957. The molecule has 0 spiro atoms. The molecule has 3 rings (SSSR count). The number of nitrogens with one attached hydrogen (secondary N) is 1. The molecule has 0 bridgehead atoms. The Hall–Kier alpha value is -2.27. The minimum Gasteiger partial charge on any atom is -0.467 e. The summed E-state index contributed by atoms with van der Waals surface area (Å²) in [6, 6.07) is 12.1. The maximum atomic E-state index is 12.1. The van der Waals surface area contributed by atoms with Crippen LogP contribution >= 0.6 is 0 Å². The lowest BCUT2D eigenvalue weighted by atomic mass is 10.1. The van der Waals surface area contributed by atoms with Crippen LogP contribution in [0.4, 0.5) is 5.69 Å². The van der Waals surface area contributed by atoms with E-state index < -0.39 is 0 Å². The molecule has 1 fully saturated rings. The van der Waals surface area contributed by atoms with Crippen LogP contribution in [0.15, 0.2) is 47.1 Å². The predicted octanol–water partition coefficient (Wildman–Crippen LogP) is 1.99. The van der Waals surface area contributed by atoms with E-state index in [4.69, 9.17) is 10.2 Å². The number of anilines is 1. The fraction of sp³-hybridized carbons (Fsp3) is 0.353. The van der Waals surface area contributed by atoms with E-state index in [1.54, 1.807) is 6.07 Å². The SMILES string of the molecule is NCc1cc(C(=O)NCC2CCN(c3ccccc3)C2)co1. The summed E-state index contributed by atoms with van der Waals surface area (Å²) in [5, 5.41) is 2.98. The third-order valence-electron chi connectivity index (χ3n) is 4.08. The molecule has 5 heteroatoms. The average Bonchev–Trinajstić information content (AvgIpc) is 3.22. The van der Waals surface area contributed by atoms with E-state index in [1.165, 1.54) is 12.0 Å². The van der Waals surface area contributed by atoms with Crippen LogP contribution in [0.25, 0.3) is 0 Å². The van der Waals surface area contributed by atoms with E-state index in [9.17, 15) is 4.79 Å². The standard InChI is InChI=1S/C17H21N3O2/c18-9-16-8-14(12-22-16)17(21)19-10-13-6-7-20(11-13)15-4-2-1-3-5-15/h1-5,8,12-13H,6-7,9-11,18H2,(H,19,21). The van der Waals surface area contributed by atoms with Crippen molar-refractivity contribution in [1.29, 1.82) is 0 Å². The van der Waals surface area contributed by atoms with Crippen LogP contribution in [-0.2, 0) is 6.54 Å². The smallest absolute Gasteiger partial charge is 0.254 e. The molecular weight excluding hydrogens is 278 g/mol. The van der Waals surface area contributed by atoms with Crippen LogP contribution in [0.5, 0.6) is 0 Å². The fourth-order valence-corrected chi connectivity index (χ4v) is 2.82. The van der Waals surface area contributed by atoms with Gasteiger partial charge < -0.3 is 20.4 Å². The summed E-state index contributed by atoms with van der Waals surface area (Å²) in [6.07, 6.45) is 2.55. The number of benzene rings is 1. The van der Waals surface area contributed by atoms with E-state index in [2.05, 4.69) is 34.5 Å². The number of para-hydroxylation sites is 1. The average molecular weight is 299 g/mol. The van der Waals surface area contributed by atoms with Crippen molar-refractivity contribution in [3.63, 3.8) is 0 Å². The van der Waals surface area contributed by atoms with Gasteiger partial charge in [-0.1, -0.05) is 18.2 Å². The summed E-state index contributed by atoms with van der Waals surface area (Å²) in [6.45, 7) is 3.00. The van der Waals surface area contributed by atoms with E-state index in [0.717, 1.165) is 19.5 Å². The van der Waals surface area contributed by atoms with Crippen molar-refractivity contribution in [3.05, 3.63) is 54.0 Å². The Bertz CT molecular complexity index is 624. The van der Waals surface area contributed by atoms with Crippen molar-refractivity contribution in [2.45, 2.75) is 13.0 Å². The normalized spacial score (nSPS) is 17.7. The summed E-state index contributed by atoms with van der Waals surface area (Å²) in [4.78, 5) is 14.4. The molecule has 1 aromatic heterocycles. The lowest BCUT2D eigenvalue weighted by molar-refractivity contribution is 0.0947. The zero-order valence-corrected chi connectivity index (χ0v) is 12.5. The molecule has 0 radical (unpaired) electrons. The van der Waals surface area contributed by atoms with E-state index in [0.29, 0.717) is 30.3 Å². The van der Waals surface area contributed by atoms with Crippen LogP contribution in [0.2, 0.25) is 0 Å². The first-order valence-corrected chi connectivity index (χ1v) is 7.62. The largest absolute Gasteiger partial charge is 0.467 e. The molecule has 1 aromatic carbocycles. The Labute approximate surface area is 130 Å². The fourth-order valence-electron chi connectivity index (χ4n) is 2.82. The van der Waals surface area contributed by atoms with Crippen LogP contribution in [0, 0.1) is 5.92 Å². The zero-order valence-electron chi connectivity index (χ0n) is 12.5. The number of furan rings is 1. The molecule has 1 aliphatic rings. The molecule has 2 heterocycles. The highest BCUT2D eigenvalue weighted by atomic mass is 16.3. The molecule has 1 unspecified atom stereocenters. The Morgan fingerprint density at radius 3 is 2.91 bits per heavy atom. The zero-order chi connectivity index (χ0) is 15.4. The quantitative estimate of drug-likeness (QED) is 0.886. The Balaban J connectivity index is 1.49. The van der Waals surface area contributed by atoms with Gasteiger partial charge in [0.15, 0.2) is 0 Å². The topological polar surface area (TPSA) is 71.5 Å². The lowest BCUT2D eigenvalue weighted by Crippen LogP contribution is -2.30. The predicted molar refractivity (Wildman–Crippen MR) is 85.7 cm³/mol. The van der Waals surface area contributed by atoms with Gasteiger partial charge in [-0.2, -0.15) is 0 Å². The van der Waals surface area contributed by atoms with Gasteiger partial charge in [0.25, 0.3) is 5.91 Å². The summed E-state index contributed by atoms with van der Waals surface area (Å²) in [5.74, 6) is 1.01. The monoisotopic (exact) mass is 299 g/mol. The van der Waals surface area contributed by atoms with Gasteiger partial charge in [-0.3, -0.25) is 4.79 Å². The first-order chi connectivity index (χ1) is 10.8. The summed E-state index contributed by atoms with van der Waals surface area (Å²) in [5.41, 5.74) is 7.27. The van der Waals surface area contributed by atoms with E-state index in [1.807, 2.05) is 6.07 Å². The Morgan fingerprint density at radius 1 is 1.36 bits per heavy atom. The molecule has 3 N–H and O–H groups in total. The highest BCUT2D eigenvalue weighted by Crippen LogP contribution is 2.23. The van der Waals surface area contributed by atoms with Crippen molar-refractivity contribution in [1.82, 2.24) is 5.32 Å². The maximum Gasteiger partial charge on any atom is 0.254 e. The first-order valence-electron chi connectivity index (χ1n) is 7.62. The van der Waals surface area contributed by atoms with Crippen LogP contribution in [0.3, 0.4) is 0 Å². The van der Waals surface area contributed by atoms with Gasteiger partial charge in [0.2, 0.25) is 0 Å². The van der Waals surface area contributed by atoms with Crippen LogP contribution in [0.1, 0.15) is 22.5 Å². The van der Waals surface area contributed by atoms with Gasteiger partial charge in [0.1, 0.15) is 12.0 Å². The summed E-state index contributed by atoms with van der Waals surface area (Å²) < 4.78 is 5.19. The molecule has 0 saturated carbocycles. The number of hydrogen-bond donors (Lipinski definition) is 2. The summed E-state index contributed by atoms with van der Waals surface area (Å²) in [7, 11) is 0. The second-order valence-electron chi connectivity index (χ2n) is 5.65. The number of nitrogens with two attached hydrogens (primary N) is 1. The first kappa shape index (κ1) is 14.7. The molecule has 1 aliphatic heterocycles. The summed E-state index contributed by atoms with van der Waals surface area (Å²) >= 11 is 0. The lowest BCUT2D eigenvalue weighted by Gasteiger charge is -2.18. The second kappa shape index (κ2) is 6.66. The number of carbonyl (C=O) groups is 1. The van der Waals surface area contributed by atoms with Crippen LogP contribution < -0.4 is 16.0 Å². The molecule has 1 saturated heterocycles. The highest BCUT2D eigenvalue weighted by Gasteiger charge is 2.23.